The van der Waals surface area contributed by atoms with Gasteiger partial charge in [0.2, 0.25) is 0 Å². The fraction of sp³-hybridized carbons (Fsp3) is 0.143. The number of hydrazine groups is 1. The topological polar surface area (TPSA) is 102 Å². The van der Waals surface area contributed by atoms with Gasteiger partial charge in [0.15, 0.2) is 5.69 Å². The lowest BCUT2D eigenvalue weighted by atomic mass is 10.1. The van der Waals surface area contributed by atoms with Crippen LogP contribution >= 0.6 is 0 Å². The number of nitrogens with one attached hydrogen (secondary N) is 2. The maximum absolute atomic E-state index is 12.6. The molecule has 0 saturated heterocycles. The Kier molecular flexibility index (Phi) is 6.03. The summed E-state index contributed by atoms with van der Waals surface area (Å²) in [7, 11) is 0. The minimum atomic E-state index is -0.623. The van der Waals surface area contributed by atoms with Crippen LogP contribution in [-0.2, 0) is 6.54 Å². The molecule has 148 valence electrons. The number of aryl methyl sites for hydroxylation is 1. The molecule has 2 N–H and O–H groups in total. The molecule has 1 heterocycles. The SMILES string of the molecule is C=CCOc1ccc(C(=O)NNC(=O)c2nn(CC)c(=O)c3ccccc23)cc1. The van der Waals surface area contributed by atoms with E-state index in [9.17, 15) is 14.4 Å². The van der Waals surface area contributed by atoms with Crippen LogP contribution in [0.25, 0.3) is 10.8 Å². The molecule has 0 saturated carbocycles. The van der Waals surface area contributed by atoms with E-state index in [2.05, 4.69) is 22.5 Å². The molecule has 0 aliphatic rings. The summed E-state index contributed by atoms with van der Waals surface area (Å²) in [4.78, 5) is 37.3. The van der Waals surface area contributed by atoms with Gasteiger partial charge in [0.05, 0.1) is 5.39 Å². The van der Waals surface area contributed by atoms with Crippen molar-refractivity contribution in [3.05, 3.63) is 82.8 Å². The third-order valence-electron chi connectivity index (χ3n) is 4.16. The van der Waals surface area contributed by atoms with Crippen molar-refractivity contribution in [1.82, 2.24) is 20.6 Å². The van der Waals surface area contributed by atoms with Crippen molar-refractivity contribution in [2.24, 2.45) is 0 Å². The van der Waals surface area contributed by atoms with Crippen LogP contribution in [0.4, 0.5) is 0 Å². The second-order valence-corrected chi connectivity index (χ2v) is 6.05. The number of aromatic nitrogens is 2. The van der Waals surface area contributed by atoms with Gasteiger partial charge < -0.3 is 4.74 Å². The fourth-order valence-electron chi connectivity index (χ4n) is 2.72. The summed E-state index contributed by atoms with van der Waals surface area (Å²) < 4.78 is 6.57. The molecular weight excluding hydrogens is 372 g/mol. The van der Waals surface area contributed by atoms with Crippen molar-refractivity contribution in [3.8, 4) is 5.75 Å². The van der Waals surface area contributed by atoms with E-state index in [0.717, 1.165) is 0 Å². The Morgan fingerprint density at radius 2 is 1.72 bits per heavy atom. The van der Waals surface area contributed by atoms with E-state index in [4.69, 9.17) is 4.74 Å². The molecule has 8 heteroatoms. The summed E-state index contributed by atoms with van der Waals surface area (Å²) in [5, 5.41) is 4.93. The normalized spacial score (nSPS) is 10.4. The van der Waals surface area contributed by atoms with Crippen LogP contribution in [0.2, 0.25) is 0 Å². The minimum absolute atomic E-state index is 0.0514. The molecule has 0 spiro atoms. The van der Waals surface area contributed by atoms with Crippen LogP contribution in [0.5, 0.6) is 5.75 Å². The quantitative estimate of drug-likeness (QED) is 0.494. The van der Waals surface area contributed by atoms with Gasteiger partial charge in [0, 0.05) is 17.5 Å². The van der Waals surface area contributed by atoms with Crippen molar-refractivity contribution < 1.29 is 14.3 Å². The number of rotatable bonds is 6. The number of fused-ring (bicyclic) bond motifs is 1. The Hall–Kier alpha value is -3.94. The first kappa shape index (κ1) is 19.8. The number of carbonyl (C=O) groups is 2. The van der Waals surface area contributed by atoms with Crippen molar-refractivity contribution in [2.75, 3.05) is 6.61 Å². The first-order valence-electron chi connectivity index (χ1n) is 8.99. The van der Waals surface area contributed by atoms with Gasteiger partial charge >= 0.3 is 0 Å². The van der Waals surface area contributed by atoms with Crippen molar-refractivity contribution in [1.29, 1.82) is 0 Å². The first-order valence-corrected chi connectivity index (χ1v) is 8.99. The van der Waals surface area contributed by atoms with E-state index >= 15 is 0 Å². The second-order valence-electron chi connectivity index (χ2n) is 6.05. The zero-order chi connectivity index (χ0) is 20.8. The summed E-state index contributed by atoms with van der Waals surface area (Å²) >= 11 is 0. The Bertz CT molecular complexity index is 1120. The van der Waals surface area contributed by atoms with Crippen molar-refractivity contribution in [2.45, 2.75) is 13.5 Å². The molecule has 0 fully saturated rings. The molecule has 0 aliphatic carbocycles. The lowest BCUT2D eigenvalue weighted by molar-refractivity contribution is 0.0843. The van der Waals surface area contributed by atoms with Crippen LogP contribution in [0.3, 0.4) is 0 Å². The number of nitrogens with zero attached hydrogens (tertiary/aromatic N) is 2. The molecule has 2 amide bonds. The van der Waals surface area contributed by atoms with Crippen LogP contribution in [0.15, 0.2) is 66.0 Å². The Labute approximate surface area is 166 Å². The molecule has 1 aromatic heterocycles. The smallest absolute Gasteiger partial charge is 0.290 e. The molecular formula is C21H20N4O4. The Morgan fingerprint density at radius 3 is 2.38 bits per heavy atom. The van der Waals surface area contributed by atoms with Gasteiger partial charge in [-0.1, -0.05) is 30.9 Å². The molecule has 29 heavy (non-hydrogen) atoms. The number of hydrogen-bond acceptors (Lipinski definition) is 5. The van der Waals surface area contributed by atoms with E-state index in [0.29, 0.717) is 35.2 Å². The zero-order valence-corrected chi connectivity index (χ0v) is 15.8. The predicted molar refractivity (Wildman–Crippen MR) is 109 cm³/mol. The lowest BCUT2D eigenvalue weighted by Crippen LogP contribution is -2.42. The molecule has 3 aromatic rings. The highest BCUT2D eigenvalue weighted by Gasteiger charge is 2.17. The predicted octanol–water partition coefficient (Wildman–Crippen LogP) is 2.06. The standard InChI is InChI=1S/C21H20N4O4/c1-3-13-29-15-11-9-14(10-12-15)19(26)22-23-20(27)18-16-7-5-6-8-17(16)21(28)25(4-2)24-18/h3,5-12H,1,4,13H2,2H3,(H,22,26)(H,23,27). The molecule has 0 bridgehead atoms. The number of amides is 2. The summed E-state index contributed by atoms with van der Waals surface area (Å²) in [6, 6.07) is 13.1. The lowest BCUT2D eigenvalue weighted by Gasteiger charge is -2.11. The van der Waals surface area contributed by atoms with Crippen LogP contribution in [0, 0.1) is 0 Å². The highest BCUT2D eigenvalue weighted by Crippen LogP contribution is 2.14. The van der Waals surface area contributed by atoms with Gasteiger partial charge in [-0.05, 0) is 37.3 Å². The molecule has 0 aliphatic heterocycles. The fourth-order valence-corrected chi connectivity index (χ4v) is 2.72. The van der Waals surface area contributed by atoms with E-state index in [-0.39, 0.29) is 11.3 Å². The average Bonchev–Trinajstić information content (AvgIpc) is 2.76. The van der Waals surface area contributed by atoms with Crippen LogP contribution < -0.4 is 21.1 Å². The van der Waals surface area contributed by atoms with E-state index in [1.54, 1.807) is 61.5 Å². The van der Waals surface area contributed by atoms with E-state index in [1.165, 1.54) is 4.68 Å². The molecule has 8 nitrogen and oxygen atoms in total. The average molecular weight is 392 g/mol. The number of carbonyl (C=O) groups excluding carboxylic acids is 2. The highest BCUT2D eigenvalue weighted by atomic mass is 16.5. The zero-order valence-electron chi connectivity index (χ0n) is 15.8. The molecule has 0 unspecified atom stereocenters. The third-order valence-corrected chi connectivity index (χ3v) is 4.16. The summed E-state index contributed by atoms with van der Waals surface area (Å²) in [5.74, 6) is -0.521. The maximum Gasteiger partial charge on any atom is 0.290 e. The van der Waals surface area contributed by atoms with Gasteiger partial charge in [-0.3, -0.25) is 25.2 Å². The molecule has 2 aromatic carbocycles. The summed E-state index contributed by atoms with van der Waals surface area (Å²) in [5.41, 5.74) is 4.82. The second kappa shape index (κ2) is 8.83. The van der Waals surface area contributed by atoms with Gasteiger partial charge in [0.25, 0.3) is 17.4 Å². The van der Waals surface area contributed by atoms with Gasteiger partial charge in [-0.2, -0.15) is 5.10 Å². The monoisotopic (exact) mass is 392 g/mol. The Morgan fingerprint density at radius 1 is 1.07 bits per heavy atom. The number of hydrogen-bond donors (Lipinski definition) is 2. The highest BCUT2D eigenvalue weighted by molar-refractivity contribution is 6.06. The number of ether oxygens (including phenoxy) is 1. The first-order chi connectivity index (χ1) is 14.0. The van der Waals surface area contributed by atoms with E-state index in [1.807, 2.05) is 0 Å². The Balaban J connectivity index is 1.75. The molecule has 3 rings (SSSR count). The maximum atomic E-state index is 12.6. The largest absolute Gasteiger partial charge is 0.490 e. The molecule has 0 radical (unpaired) electrons. The molecule has 0 atom stereocenters. The van der Waals surface area contributed by atoms with Gasteiger partial charge in [0.1, 0.15) is 12.4 Å². The van der Waals surface area contributed by atoms with Crippen LogP contribution in [-0.4, -0.2) is 28.2 Å². The van der Waals surface area contributed by atoms with Crippen molar-refractivity contribution in [3.63, 3.8) is 0 Å². The van der Waals surface area contributed by atoms with E-state index < -0.39 is 11.8 Å². The summed E-state index contributed by atoms with van der Waals surface area (Å²) in [6.07, 6.45) is 1.62. The number of benzene rings is 2. The van der Waals surface area contributed by atoms with Gasteiger partial charge in [-0.25, -0.2) is 4.68 Å². The summed E-state index contributed by atoms with van der Waals surface area (Å²) in [6.45, 7) is 6.01. The van der Waals surface area contributed by atoms with Crippen LogP contribution in [0.1, 0.15) is 27.8 Å². The van der Waals surface area contributed by atoms with Gasteiger partial charge in [-0.15, -0.1) is 0 Å². The minimum Gasteiger partial charge on any atom is -0.490 e. The third kappa shape index (κ3) is 4.32. The van der Waals surface area contributed by atoms with Crippen molar-refractivity contribution >= 4 is 22.6 Å².